The number of anilines is 2. The van der Waals surface area contributed by atoms with E-state index in [0.29, 0.717) is 11.4 Å². The first kappa shape index (κ1) is 22.0. The van der Waals surface area contributed by atoms with Crippen molar-refractivity contribution in [1.29, 1.82) is 0 Å². The third-order valence-electron chi connectivity index (χ3n) is 4.61. The fourth-order valence-electron chi connectivity index (χ4n) is 3.03. The van der Waals surface area contributed by atoms with Gasteiger partial charge in [-0.3, -0.25) is 19.2 Å². The first-order valence-corrected chi connectivity index (χ1v) is 11.0. The molecule has 0 amide bonds. The van der Waals surface area contributed by atoms with E-state index in [9.17, 15) is 23.3 Å². The molecule has 0 atom stereocenters. The quantitative estimate of drug-likeness (QED) is 0.305. The molecule has 8 nitrogen and oxygen atoms in total. The van der Waals surface area contributed by atoms with Crippen molar-refractivity contribution < 1.29 is 18.1 Å². The summed E-state index contributed by atoms with van der Waals surface area (Å²) in [5.41, 5.74) is 1.21. The van der Waals surface area contributed by atoms with Crippen molar-refractivity contribution in [2.75, 3.05) is 22.7 Å². The predicted octanol–water partition coefficient (Wildman–Crippen LogP) is 4.10. The molecule has 0 aliphatic rings. The molecule has 0 heterocycles. The van der Waals surface area contributed by atoms with Crippen molar-refractivity contribution in [1.82, 2.24) is 0 Å². The van der Waals surface area contributed by atoms with E-state index in [1.165, 1.54) is 40.7 Å². The van der Waals surface area contributed by atoms with Crippen molar-refractivity contribution in [3.63, 3.8) is 0 Å². The fourth-order valence-corrected chi connectivity index (χ4v) is 4.51. The molecule has 0 spiro atoms. The lowest BCUT2D eigenvalue weighted by atomic mass is 10.1. The maximum atomic E-state index is 13.0. The standard InChI is InChI=1S/C22H21N3O5S/c1-2-24(19-8-4-3-5-9-19)31(29,30)21-13-11-18(12-14-21)23-16-22(26)17-7-6-10-20(15-17)25(27)28/h3-15,23H,2,16H2,1H3. The molecule has 0 saturated heterocycles. The summed E-state index contributed by atoms with van der Waals surface area (Å²) in [5, 5.41) is 13.8. The van der Waals surface area contributed by atoms with Crippen LogP contribution in [0, 0.1) is 10.1 Å². The van der Waals surface area contributed by atoms with E-state index in [1.54, 1.807) is 43.3 Å². The number of nitrogens with zero attached hydrogens (tertiary/aromatic N) is 2. The summed E-state index contributed by atoms with van der Waals surface area (Å²) >= 11 is 0. The van der Waals surface area contributed by atoms with Crippen molar-refractivity contribution in [3.05, 3.63) is 94.5 Å². The summed E-state index contributed by atoms with van der Waals surface area (Å²) in [4.78, 5) is 22.7. The minimum Gasteiger partial charge on any atom is -0.378 e. The van der Waals surface area contributed by atoms with E-state index in [-0.39, 0.29) is 35.0 Å². The van der Waals surface area contributed by atoms with Gasteiger partial charge in [0.25, 0.3) is 15.7 Å². The van der Waals surface area contributed by atoms with Gasteiger partial charge in [0.1, 0.15) is 0 Å². The Balaban J connectivity index is 1.70. The molecule has 3 rings (SSSR count). The van der Waals surface area contributed by atoms with E-state index in [2.05, 4.69) is 5.32 Å². The Morgan fingerprint density at radius 2 is 1.68 bits per heavy atom. The maximum Gasteiger partial charge on any atom is 0.270 e. The van der Waals surface area contributed by atoms with Crippen LogP contribution >= 0.6 is 0 Å². The zero-order chi connectivity index (χ0) is 22.4. The predicted molar refractivity (Wildman–Crippen MR) is 119 cm³/mol. The number of hydrogen-bond acceptors (Lipinski definition) is 6. The molecule has 0 bridgehead atoms. The number of para-hydroxylation sites is 1. The number of carbonyl (C=O) groups is 1. The van der Waals surface area contributed by atoms with Crippen LogP contribution in [0.3, 0.4) is 0 Å². The fraction of sp³-hybridized carbons (Fsp3) is 0.136. The molecule has 0 unspecified atom stereocenters. The number of nitro benzene ring substituents is 1. The zero-order valence-corrected chi connectivity index (χ0v) is 17.6. The summed E-state index contributed by atoms with van der Waals surface area (Å²) in [6.07, 6.45) is 0. The Kier molecular flexibility index (Phi) is 6.66. The van der Waals surface area contributed by atoms with E-state index < -0.39 is 14.9 Å². The van der Waals surface area contributed by atoms with Gasteiger partial charge in [0.2, 0.25) is 0 Å². The van der Waals surface area contributed by atoms with Crippen LogP contribution in [-0.4, -0.2) is 32.2 Å². The van der Waals surface area contributed by atoms with Crippen LogP contribution in [0.4, 0.5) is 17.1 Å². The number of rotatable bonds is 9. The van der Waals surface area contributed by atoms with Gasteiger partial charge in [-0.15, -0.1) is 0 Å². The van der Waals surface area contributed by atoms with Crippen LogP contribution in [0.15, 0.2) is 83.8 Å². The smallest absolute Gasteiger partial charge is 0.270 e. The molecule has 0 fully saturated rings. The Morgan fingerprint density at radius 3 is 2.29 bits per heavy atom. The largest absolute Gasteiger partial charge is 0.378 e. The lowest BCUT2D eigenvalue weighted by molar-refractivity contribution is -0.384. The number of sulfonamides is 1. The van der Waals surface area contributed by atoms with Crippen molar-refractivity contribution in [2.45, 2.75) is 11.8 Å². The highest BCUT2D eigenvalue weighted by Gasteiger charge is 2.23. The highest BCUT2D eigenvalue weighted by Crippen LogP contribution is 2.24. The number of nitro groups is 1. The molecule has 0 saturated carbocycles. The summed E-state index contributed by atoms with van der Waals surface area (Å²) in [6.45, 7) is 1.96. The van der Waals surface area contributed by atoms with Crippen molar-refractivity contribution in [2.24, 2.45) is 0 Å². The number of Topliss-reactive ketones (excluding diaryl/α,β-unsaturated/α-hetero) is 1. The second-order valence-corrected chi connectivity index (χ2v) is 8.48. The molecule has 160 valence electrons. The lowest BCUT2D eigenvalue weighted by Crippen LogP contribution is -2.30. The van der Waals surface area contributed by atoms with Gasteiger partial charge in [0.15, 0.2) is 5.78 Å². The van der Waals surface area contributed by atoms with E-state index in [4.69, 9.17) is 0 Å². The first-order valence-electron chi connectivity index (χ1n) is 9.52. The minimum atomic E-state index is -3.73. The highest BCUT2D eigenvalue weighted by molar-refractivity contribution is 7.92. The number of hydrogen-bond donors (Lipinski definition) is 1. The van der Waals surface area contributed by atoms with Gasteiger partial charge in [-0.25, -0.2) is 8.42 Å². The molecule has 1 N–H and O–H groups in total. The molecule has 9 heteroatoms. The summed E-state index contributed by atoms with van der Waals surface area (Å²) in [6, 6.07) is 20.4. The number of non-ortho nitro benzene ring substituents is 1. The number of benzene rings is 3. The van der Waals surface area contributed by atoms with Crippen LogP contribution in [0.2, 0.25) is 0 Å². The molecule has 0 radical (unpaired) electrons. The number of carbonyl (C=O) groups excluding carboxylic acids is 1. The summed E-state index contributed by atoms with van der Waals surface area (Å²) in [5.74, 6) is -0.318. The van der Waals surface area contributed by atoms with Crippen molar-refractivity contribution >= 4 is 32.9 Å². The minimum absolute atomic E-state index is 0.0850. The van der Waals surface area contributed by atoms with Gasteiger partial charge in [0.05, 0.1) is 22.1 Å². The first-order chi connectivity index (χ1) is 14.8. The van der Waals surface area contributed by atoms with E-state index in [1.807, 2.05) is 6.07 Å². The van der Waals surface area contributed by atoms with Crippen LogP contribution in [0.25, 0.3) is 0 Å². The highest BCUT2D eigenvalue weighted by atomic mass is 32.2. The molecular formula is C22H21N3O5S. The second-order valence-electron chi connectivity index (χ2n) is 6.61. The Bertz CT molecular complexity index is 1180. The molecule has 0 aliphatic heterocycles. The summed E-state index contributed by atoms with van der Waals surface area (Å²) in [7, 11) is -3.73. The average Bonchev–Trinajstić information content (AvgIpc) is 2.79. The third kappa shape index (κ3) is 5.07. The number of nitrogens with one attached hydrogen (secondary N) is 1. The molecule has 3 aromatic rings. The van der Waals surface area contributed by atoms with Crippen molar-refractivity contribution in [3.8, 4) is 0 Å². The van der Waals surface area contributed by atoms with Crippen LogP contribution in [0.1, 0.15) is 17.3 Å². The SMILES string of the molecule is CCN(c1ccccc1)S(=O)(=O)c1ccc(NCC(=O)c2cccc([N+](=O)[O-])c2)cc1. The van der Waals surface area contributed by atoms with Gasteiger partial charge in [-0.1, -0.05) is 30.3 Å². The average molecular weight is 439 g/mol. The Labute approximate surface area is 180 Å². The number of ketones is 1. The molecule has 3 aromatic carbocycles. The normalized spacial score (nSPS) is 11.0. The van der Waals surface area contributed by atoms with Crippen LogP contribution in [0.5, 0.6) is 0 Å². The summed E-state index contributed by atoms with van der Waals surface area (Å²) < 4.78 is 27.3. The Morgan fingerprint density at radius 1 is 1.00 bits per heavy atom. The molecule has 31 heavy (non-hydrogen) atoms. The molecular weight excluding hydrogens is 418 g/mol. The van der Waals surface area contributed by atoms with Gasteiger partial charge in [0, 0.05) is 29.9 Å². The molecule has 0 aromatic heterocycles. The third-order valence-corrected chi connectivity index (χ3v) is 6.52. The van der Waals surface area contributed by atoms with Gasteiger partial charge in [-0.2, -0.15) is 0 Å². The monoisotopic (exact) mass is 439 g/mol. The van der Waals surface area contributed by atoms with Gasteiger partial charge in [-0.05, 0) is 43.3 Å². The lowest BCUT2D eigenvalue weighted by Gasteiger charge is -2.23. The Hall–Kier alpha value is -3.72. The maximum absolute atomic E-state index is 13.0. The zero-order valence-electron chi connectivity index (χ0n) is 16.8. The van der Waals surface area contributed by atoms with Crippen LogP contribution < -0.4 is 9.62 Å². The second kappa shape index (κ2) is 9.40. The van der Waals surface area contributed by atoms with Gasteiger partial charge < -0.3 is 5.32 Å². The van der Waals surface area contributed by atoms with Gasteiger partial charge >= 0.3 is 0 Å². The van der Waals surface area contributed by atoms with E-state index in [0.717, 1.165) is 0 Å². The molecule has 0 aliphatic carbocycles. The topological polar surface area (TPSA) is 110 Å². The van der Waals surface area contributed by atoms with E-state index >= 15 is 0 Å². The van der Waals surface area contributed by atoms with Crippen LogP contribution in [-0.2, 0) is 10.0 Å².